The molecule has 25 heavy (non-hydrogen) atoms. The van der Waals surface area contributed by atoms with Crippen LogP contribution < -0.4 is 4.90 Å². The smallest absolute Gasteiger partial charge is 0.186 e. The Morgan fingerprint density at radius 2 is 2.20 bits per heavy atom. The summed E-state index contributed by atoms with van der Waals surface area (Å²) in [4.78, 5) is 19.5. The molecule has 1 aliphatic rings. The molecule has 0 amide bonds. The van der Waals surface area contributed by atoms with Gasteiger partial charge in [0.15, 0.2) is 16.4 Å². The second-order valence-electron chi connectivity index (χ2n) is 6.25. The van der Waals surface area contributed by atoms with Crippen LogP contribution in [0.15, 0.2) is 30.9 Å². The predicted octanol–water partition coefficient (Wildman–Crippen LogP) is 2.92. The molecule has 5 rings (SSSR count). The van der Waals surface area contributed by atoms with Gasteiger partial charge in [0.1, 0.15) is 10.9 Å². The molecule has 8 heteroatoms. The normalized spacial score (nSPS) is 18.0. The molecule has 124 valence electrons. The average molecular weight is 349 g/mol. The van der Waals surface area contributed by atoms with E-state index in [1.807, 2.05) is 24.7 Å². The lowest BCUT2D eigenvalue weighted by molar-refractivity contribution is 0.500. The van der Waals surface area contributed by atoms with Crippen LogP contribution in [0.2, 0.25) is 0 Å². The number of aromatic nitrogens is 5. The van der Waals surface area contributed by atoms with Gasteiger partial charge in [0, 0.05) is 37.1 Å². The molecule has 0 saturated carbocycles. The van der Waals surface area contributed by atoms with Crippen molar-refractivity contribution in [2.75, 3.05) is 18.0 Å². The maximum absolute atomic E-state index is 9.03. The van der Waals surface area contributed by atoms with Crippen LogP contribution in [0.25, 0.3) is 16.8 Å². The van der Waals surface area contributed by atoms with Crippen LogP contribution in [0.5, 0.6) is 0 Å². The molecule has 1 saturated heterocycles. The van der Waals surface area contributed by atoms with Crippen molar-refractivity contribution in [3.63, 3.8) is 0 Å². The summed E-state index contributed by atoms with van der Waals surface area (Å²) in [6.07, 6.45) is 9.57. The number of fused-ring (bicyclic) bond motifs is 3. The highest BCUT2D eigenvalue weighted by Gasteiger charge is 2.26. The van der Waals surface area contributed by atoms with Gasteiger partial charge >= 0.3 is 0 Å². The second-order valence-corrected chi connectivity index (χ2v) is 7.26. The number of imidazole rings is 1. The largest absolute Gasteiger partial charge is 0.347 e. The molecule has 0 spiro atoms. The molecule has 0 radical (unpaired) electrons. The molecular weight excluding hydrogens is 334 g/mol. The lowest BCUT2D eigenvalue weighted by atomic mass is 9.95. The first-order valence-corrected chi connectivity index (χ1v) is 9.05. The van der Waals surface area contributed by atoms with Crippen molar-refractivity contribution in [1.82, 2.24) is 24.3 Å². The van der Waals surface area contributed by atoms with E-state index in [1.54, 1.807) is 6.20 Å². The van der Waals surface area contributed by atoms with E-state index in [0.29, 0.717) is 10.8 Å². The summed E-state index contributed by atoms with van der Waals surface area (Å²) in [5.74, 6) is 0.374. The highest BCUT2D eigenvalue weighted by molar-refractivity contribution is 7.16. The Kier molecular flexibility index (Phi) is 3.21. The molecule has 4 aromatic heterocycles. The van der Waals surface area contributed by atoms with E-state index in [1.165, 1.54) is 17.0 Å². The number of hydrogen-bond acceptors (Lipinski definition) is 6. The highest BCUT2D eigenvalue weighted by Crippen LogP contribution is 2.33. The minimum absolute atomic E-state index is 0.374. The van der Waals surface area contributed by atoms with Gasteiger partial charge in [-0.3, -0.25) is 4.40 Å². The van der Waals surface area contributed by atoms with Crippen molar-refractivity contribution >= 4 is 33.3 Å². The number of nitrogens with zero attached hydrogens (tertiary/aromatic N) is 6. The molecule has 7 nitrogen and oxygen atoms in total. The number of aromatic amines is 1. The van der Waals surface area contributed by atoms with Gasteiger partial charge in [-0.05, 0) is 18.9 Å². The lowest BCUT2D eigenvalue weighted by Crippen LogP contribution is -2.34. The summed E-state index contributed by atoms with van der Waals surface area (Å²) in [7, 11) is 0. The number of nitriles is 1. The number of H-pyrrole nitrogens is 1. The van der Waals surface area contributed by atoms with Gasteiger partial charge in [0.25, 0.3) is 0 Å². The number of rotatable bonds is 2. The van der Waals surface area contributed by atoms with Gasteiger partial charge < -0.3 is 9.88 Å². The van der Waals surface area contributed by atoms with Gasteiger partial charge in [-0.15, -0.1) is 0 Å². The van der Waals surface area contributed by atoms with E-state index in [2.05, 4.69) is 35.3 Å². The lowest BCUT2D eigenvalue weighted by Gasteiger charge is -2.32. The highest BCUT2D eigenvalue weighted by atomic mass is 32.1. The van der Waals surface area contributed by atoms with E-state index in [9.17, 15) is 0 Å². The summed E-state index contributed by atoms with van der Waals surface area (Å²) in [6.45, 7) is 1.87. The third-order valence-corrected chi connectivity index (χ3v) is 5.75. The maximum Gasteiger partial charge on any atom is 0.186 e. The third-order valence-electron chi connectivity index (χ3n) is 4.78. The van der Waals surface area contributed by atoms with E-state index >= 15 is 0 Å². The number of piperidine rings is 1. The van der Waals surface area contributed by atoms with Crippen molar-refractivity contribution in [3.05, 3.63) is 41.4 Å². The first kappa shape index (κ1) is 14.4. The summed E-state index contributed by atoms with van der Waals surface area (Å²) in [5, 5.41) is 9.97. The molecule has 1 aliphatic heterocycles. The van der Waals surface area contributed by atoms with Crippen LogP contribution in [-0.2, 0) is 0 Å². The Hall–Kier alpha value is -2.92. The summed E-state index contributed by atoms with van der Waals surface area (Å²) in [6, 6.07) is 4.21. The van der Waals surface area contributed by atoms with Gasteiger partial charge in [-0.25, -0.2) is 15.0 Å². The van der Waals surface area contributed by atoms with Crippen LogP contribution >= 0.6 is 11.3 Å². The fraction of sp³-hybridized carbons (Fsp3) is 0.294. The maximum atomic E-state index is 9.03. The van der Waals surface area contributed by atoms with E-state index in [0.717, 1.165) is 47.9 Å². The average Bonchev–Trinajstić information content (AvgIpc) is 3.38. The zero-order valence-corrected chi connectivity index (χ0v) is 14.2. The van der Waals surface area contributed by atoms with Crippen molar-refractivity contribution in [1.29, 1.82) is 5.26 Å². The molecule has 4 aromatic rings. The third kappa shape index (κ3) is 2.27. The second kappa shape index (κ2) is 5.57. The first-order chi connectivity index (χ1) is 12.3. The van der Waals surface area contributed by atoms with Crippen molar-refractivity contribution in [2.45, 2.75) is 18.8 Å². The van der Waals surface area contributed by atoms with Crippen LogP contribution in [0, 0.1) is 11.3 Å². The molecule has 5 heterocycles. The fourth-order valence-electron chi connectivity index (χ4n) is 3.64. The van der Waals surface area contributed by atoms with Crippen LogP contribution in [0.1, 0.15) is 29.3 Å². The molecule has 0 bridgehead atoms. The Bertz CT molecular complexity index is 1100. The molecule has 1 fully saturated rings. The summed E-state index contributed by atoms with van der Waals surface area (Å²) < 4.78 is 2.20. The summed E-state index contributed by atoms with van der Waals surface area (Å²) >= 11 is 1.46. The zero-order chi connectivity index (χ0) is 16.8. The van der Waals surface area contributed by atoms with Gasteiger partial charge in [0.2, 0.25) is 0 Å². The Morgan fingerprint density at radius 1 is 1.24 bits per heavy atom. The molecule has 1 N–H and O–H groups in total. The van der Waals surface area contributed by atoms with Gasteiger partial charge in [-0.2, -0.15) is 5.26 Å². The SMILES string of the molecule is N#Cc1cnc(N2CCCC(c3cnc4cnc5[nH]ccc5n34)C2)s1. The van der Waals surface area contributed by atoms with Gasteiger partial charge in [0.05, 0.1) is 17.9 Å². The van der Waals surface area contributed by atoms with E-state index in [-0.39, 0.29) is 0 Å². The van der Waals surface area contributed by atoms with Crippen molar-refractivity contribution in [2.24, 2.45) is 0 Å². The van der Waals surface area contributed by atoms with Crippen LogP contribution in [-0.4, -0.2) is 37.4 Å². The minimum atomic E-state index is 0.374. The number of hydrogen-bond donors (Lipinski definition) is 1. The monoisotopic (exact) mass is 349 g/mol. The molecule has 0 aromatic carbocycles. The summed E-state index contributed by atoms with van der Waals surface area (Å²) in [5.41, 5.74) is 4.02. The standard InChI is InChI=1S/C17H15N7S/c18-6-12-7-22-17(25-12)23-5-1-2-11(10-23)14-8-20-15-9-21-16-13(24(14)15)3-4-19-16/h3-4,7-9,11,19H,1-2,5,10H2. The molecular formula is C17H15N7S. The van der Waals surface area contributed by atoms with Gasteiger partial charge in [-0.1, -0.05) is 11.3 Å². The van der Waals surface area contributed by atoms with Crippen LogP contribution in [0.4, 0.5) is 5.13 Å². The minimum Gasteiger partial charge on any atom is -0.347 e. The van der Waals surface area contributed by atoms with Crippen LogP contribution in [0.3, 0.4) is 0 Å². The zero-order valence-electron chi connectivity index (χ0n) is 13.4. The predicted molar refractivity (Wildman–Crippen MR) is 95.9 cm³/mol. The number of anilines is 1. The molecule has 1 unspecified atom stereocenters. The Morgan fingerprint density at radius 3 is 3.08 bits per heavy atom. The quantitative estimate of drug-likeness (QED) is 0.601. The molecule has 1 atom stereocenters. The Balaban J connectivity index is 1.53. The number of thiazole rings is 1. The van der Waals surface area contributed by atoms with E-state index < -0.39 is 0 Å². The Labute approximate surface area is 147 Å². The fourth-order valence-corrected chi connectivity index (χ4v) is 4.38. The topological polar surface area (TPSA) is 85.9 Å². The van der Waals surface area contributed by atoms with Crippen molar-refractivity contribution in [3.8, 4) is 6.07 Å². The molecule has 0 aliphatic carbocycles. The first-order valence-electron chi connectivity index (χ1n) is 8.24. The van der Waals surface area contributed by atoms with Crippen molar-refractivity contribution < 1.29 is 0 Å². The van der Waals surface area contributed by atoms with E-state index in [4.69, 9.17) is 5.26 Å². The number of nitrogens with one attached hydrogen (secondary N) is 1.